The lowest BCUT2D eigenvalue weighted by Gasteiger charge is -2.26. The van der Waals surface area contributed by atoms with Crippen molar-refractivity contribution in [3.05, 3.63) is 21.5 Å². The number of amides is 1. The van der Waals surface area contributed by atoms with Crippen molar-refractivity contribution in [2.24, 2.45) is 0 Å². The van der Waals surface area contributed by atoms with Gasteiger partial charge in [0.15, 0.2) is 0 Å². The van der Waals surface area contributed by atoms with E-state index in [9.17, 15) is 14.9 Å². The molecule has 14 heavy (non-hydrogen) atoms. The minimum atomic E-state index is -0.678. The highest BCUT2D eigenvalue weighted by Crippen LogP contribution is 2.28. The lowest BCUT2D eigenvalue weighted by molar-refractivity contribution is -0.420. The fourth-order valence-electron chi connectivity index (χ4n) is 1.75. The summed E-state index contributed by atoms with van der Waals surface area (Å²) in [5, 5.41) is 13.2. The van der Waals surface area contributed by atoms with E-state index in [0.29, 0.717) is 5.70 Å². The molecular formula is C8H13N3O3. The number of nitrogens with zero attached hydrogens (tertiary/aromatic N) is 2. The second kappa shape index (κ2) is 2.97. The van der Waals surface area contributed by atoms with Gasteiger partial charge in [-0.1, -0.05) is 0 Å². The predicted octanol–water partition coefficient (Wildman–Crippen LogP) is -0.0553. The molecule has 0 aromatic rings. The van der Waals surface area contributed by atoms with Crippen molar-refractivity contribution in [1.82, 2.24) is 10.2 Å². The predicted molar refractivity (Wildman–Crippen MR) is 49.9 cm³/mol. The molecule has 0 radical (unpaired) electrons. The van der Waals surface area contributed by atoms with Crippen LogP contribution < -0.4 is 5.32 Å². The molecule has 1 aliphatic rings. The molecule has 0 aromatic carbocycles. The topological polar surface area (TPSA) is 75.5 Å². The normalized spacial score (nSPS) is 19.6. The number of hydrogen-bond donors (Lipinski definition) is 1. The number of hydrogen-bond acceptors (Lipinski definition) is 4. The van der Waals surface area contributed by atoms with Gasteiger partial charge in [-0.05, 0) is 13.8 Å². The molecule has 0 aromatic heterocycles. The number of likely N-dealkylation sites (N-methyl/N-ethyl adjacent to an activating group) is 1. The third-order valence-electron chi connectivity index (χ3n) is 2.09. The van der Waals surface area contributed by atoms with E-state index in [-0.39, 0.29) is 5.70 Å². The fraction of sp³-hybridized carbons (Fsp3) is 0.625. The SMILES string of the molecule is CN(C)C1=C([N+](=O)[O-])C(=O)NC1(C)C. The minimum Gasteiger partial charge on any atom is -0.373 e. The average Bonchev–Trinajstić information content (AvgIpc) is 2.19. The molecule has 6 heteroatoms. The lowest BCUT2D eigenvalue weighted by atomic mass is 10.0. The van der Waals surface area contributed by atoms with Gasteiger partial charge in [-0.25, -0.2) is 0 Å². The molecule has 1 rings (SSSR count). The van der Waals surface area contributed by atoms with Crippen molar-refractivity contribution in [2.75, 3.05) is 14.1 Å². The second-order valence-corrected chi connectivity index (χ2v) is 3.93. The van der Waals surface area contributed by atoms with Gasteiger partial charge in [-0.2, -0.15) is 0 Å². The summed E-state index contributed by atoms with van der Waals surface area (Å²) >= 11 is 0. The first-order valence-electron chi connectivity index (χ1n) is 4.16. The number of nitrogens with one attached hydrogen (secondary N) is 1. The van der Waals surface area contributed by atoms with E-state index in [4.69, 9.17) is 0 Å². The fourth-order valence-corrected chi connectivity index (χ4v) is 1.75. The summed E-state index contributed by atoms with van der Waals surface area (Å²) in [5.41, 5.74) is -0.629. The van der Waals surface area contributed by atoms with E-state index in [0.717, 1.165) is 0 Å². The van der Waals surface area contributed by atoms with Gasteiger partial charge >= 0.3 is 11.6 Å². The smallest absolute Gasteiger partial charge is 0.354 e. The largest absolute Gasteiger partial charge is 0.373 e. The van der Waals surface area contributed by atoms with Crippen LogP contribution in [0, 0.1) is 10.1 Å². The molecule has 6 nitrogen and oxygen atoms in total. The van der Waals surface area contributed by atoms with Crippen LogP contribution in [-0.2, 0) is 4.79 Å². The Morgan fingerprint density at radius 1 is 1.43 bits per heavy atom. The molecule has 1 N–H and O–H groups in total. The highest BCUT2D eigenvalue weighted by molar-refractivity contribution is 5.95. The number of carbonyl (C=O) groups excluding carboxylic acids is 1. The lowest BCUT2D eigenvalue weighted by Crippen LogP contribution is -2.41. The van der Waals surface area contributed by atoms with Gasteiger partial charge in [0.2, 0.25) is 0 Å². The molecule has 0 spiro atoms. The summed E-state index contributed by atoms with van der Waals surface area (Å²) in [6, 6.07) is 0. The minimum absolute atomic E-state index is 0.361. The molecular weight excluding hydrogens is 186 g/mol. The maximum Gasteiger partial charge on any atom is 0.354 e. The van der Waals surface area contributed by atoms with Gasteiger partial charge in [0.1, 0.15) is 5.70 Å². The maximum absolute atomic E-state index is 11.3. The Labute approximate surface area is 81.7 Å². The summed E-state index contributed by atoms with van der Waals surface area (Å²) in [4.78, 5) is 22.9. The molecule has 0 atom stereocenters. The monoisotopic (exact) mass is 199 g/mol. The Kier molecular flexibility index (Phi) is 2.22. The van der Waals surface area contributed by atoms with Crippen LogP contribution in [0.1, 0.15) is 13.8 Å². The number of rotatable bonds is 2. The van der Waals surface area contributed by atoms with Crippen LogP contribution in [0.3, 0.4) is 0 Å². The summed E-state index contributed by atoms with van der Waals surface area (Å²) < 4.78 is 0. The van der Waals surface area contributed by atoms with Gasteiger partial charge in [0, 0.05) is 14.1 Å². The third kappa shape index (κ3) is 1.43. The van der Waals surface area contributed by atoms with E-state index in [2.05, 4.69) is 5.32 Å². The Hall–Kier alpha value is -1.59. The quantitative estimate of drug-likeness (QED) is 0.499. The Morgan fingerprint density at radius 2 is 1.93 bits per heavy atom. The zero-order valence-electron chi connectivity index (χ0n) is 8.62. The molecule has 0 aliphatic carbocycles. The van der Waals surface area contributed by atoms with Crippen molar-refractivity contribution in [1.29, 1.82) is 0 Å². The van der Waals surface area contributed by atoms with Crippen LogP contribution in [0.2, 0.25) is 0 Å². The van der Waals surface area contributed by atoms with E-state index in [1.54, 1.807) is 32.8 Å². The van der Waals surface area contributed by atoms with Crippen LogP contribution in [-0.4, -0.2) is 35.4 Å². The second-order valence-electron chi connectivity index (χ2n) is 3.93. The van der Waals surface area contributed by atoms with Crippen LogP contribution >= 0.6 is 0 Å². The van der Waals surface area contributed by atoms with Crippen LogP contribution in [0.5, 0.6) is 0 Å². The molecule has 0 saturated heterocycles. The molecule has 1 heterocycles. The van der Waals surface area contributed by atoms with Crippen LogP contribution in [0.4, 0.5) is 0 Å². The van der Waals surface area contributed by atoms with Gasteiger partial charge in [-0.3, -0.25) is 14.9 Å². The Balaban J connectivity index is 3.33. The molecule has 0 fully saturated rings. The van der Waals surface area contributed by atoms with Crippen LogP contribution in [0.15, 0.2) is 11.4 Å². The van der Waals surface area contributed by atoms with Crippen LogP contribution in [0.25, 0.3) is 0 Å². The van der Waals surface area contributed by atoms with E-state index < -0.39 is 16.4 Å². The van der Waals surface area contributed by atoms with Gasteiger partial charge < -0.3 is 10.2 Å². The standard InChI is InChI=1S/C8H13N3O3/c1-8(2)6(10(3)4)5(11(13)14)7(12)9-8/h1-4H3,(H,9,12). The van der Waals surface area contributed by atoms with Gasteiger partial charge in [0.05, 0.1) is 10.5 Å². The maximum atomic E-state index is 11.3. The first-order valence-corrected chi connectivity index (χ1v) is 4.16. The summed E-state index contributed by atoms with van der Waals surface area (Å²) in [6.07, 6.45) is 0. The highest BCUT2D eigenvalue weighted by Gasteiger charge is 2.46. The number of nitro groups is 1. The first-order chi connectivity index (χ1) is 6.27. The highest BCUT2D eigenvalue weighted by atomic mass is 16.6. The van der Waals surface area contributed by atoms with Crippen molar-refractivity contribution < 1.29 is 9.72 Å². The van der Waals surface area contributed by atoms with Gasteiger partial charge in [0.25, 0.3) is 0 Å². The van der Waals surface area contributed by atoms with E-state index in [1.807, 2.05) is 0 Å². The van der Waals surface area contributed by atoms with E-state index >= 15 is 0 Å². The van der Waals surface area contributed by atoms with Gasteiger partial charge in [-0.15, -0.1) is 0 Å². The van der Waals surface area contributed by atoms with E-state index in [1.165, 1.54) is 0 Å². The average molecular weight is 199 g/mol. The summed E-state index contributed by atoms with van der Waals surface area (Å²) in [6.45, 7) is 3.47. The molecule has 0 unspecified atom stereocenters. The number of carbonyl (C=O) groups is 1. The molecule has 0 bridgehead atoms. The molecule has 78 valence electrons. The summed E-state index contributed by atoms with van der Waals surface area (Å²) in [5.74, 6) is -0.622. The Morgan fingerprint density at radius 3 is 2.21 bits per heavy atom. The summed E-state index contributed by atoms with van der Waals surface area (Å²) in [7, 11) is 3.36. The molecule has 1 aliphatic heterocycles. The molecule has 1 amide bonds. The van der Waals surface area contributed by atoms with Crippen molar-refractivity contribution in [2.45, 2.75) is 19.4 Å². The van der Waals surface area contributed by atoms with Crippen molar-refractivity contribution >= 4 is 5.91 Å². The molecule has 0 saturated carbocycles. The third-order valence-corrected chi connectivity index (χ3v) is 2.09. The van der Waals surface area contributed by atoms with Crippen molar-refractivity contribution in [3.8, 4) is 0 Å². The zero-order chi connectivity index (χ0) is 11.1. The Bertz CT molecular complexity index is 331. The first kappa shape index (κ1) is 10.5. The van der Waals surface area contributed by atoms with Crippen molar-refractivity contribution in [3.63, 3.8) is 0 Å². The zero-order valence-corrected chi connectivity index (χ0v) is 8.62.